The zero-order chi connectivity index (χ0) is 10.7. The highest BCUT2D eigenvalue weighted by Gasteiger charge is 2.12. The molecule has 2 aromatic rings. The average Bonchev–Trinajstić information content (AvgIpc) is 2.74. The van der Waals surface area contributed by atoms with Crippen molar-refractivity contribution in [2.24, 2.45) is 0 Å². The van der Waals surface area contributed by atoms with Crippen molar-refractivity contribution < 1.29 is 9.52 Å². The Morgan fingerprint density at radius 1 is 1.20 bits per heavy atom. The molecule has 0 spiro atoms. The fourth-order valence-corrected chi connectivity index (χ4v) is 1.90. The lowest BCUT2D eigenvalue weighted by molar-refractivity contribution is 0.150. The molecule has 1 aromatic heterocycles. The van der Waals surface area contributed by atoms with E-state index in [0.29, 0.717) is 12.2 Å². The Morgan fingerprint density at radius 3 is 2.67 bits per heavy atom. The number of hydrogen-bond donors (Lipinski definition) is 1. The molecular formula is C12H11BrO2. The van der Waals surface area contributed by atoms with Crippen LogP contribution in [0, 0.1) is 0 Å². The van der Waals surface area contributed by atoms with Gasteiger partial charge in [0.1, 0.15) is 11.9 Å². The minimum Gasteiger partial charge on any atom is -0.467 e. The first-order valence-corrected chi connectivity index (χ1v) is 5.51. The van der Waals surface area contributed by atoms with Gasteiger partial charge in [-0.25, -0.2) is 0 Å². The summed E-state index contributed by atoms with van der Waals surface area (Å²) in [5.41, 5.74) is 1.07. The zero-order valence-electron chi connectivity index (χ0n) is 8.06. The summed E-state index contributed by atoms with van der Waals surface area (Å²) in [5, 5.41) is 9.87. The molecule has 1 N–H and O–H groups in total. The van der Waals surface area contributed by atoms with Gasteiger partial charge >= 0.3 is 0 Å². The molecule has 0 aliphatic carbocycles. The van der Waals surface area contributed by atoms with Crippen LogP contribution in [0.25, 0.3) is 0 Å². The molecule has 0 radical (unpaired) electrons. The summed E-state index contributed by atoms with van der Waals surface area (Å²) in [4.78, 5) is 0. The lowest BCUT2D eigenvalue weighted by Gasteiger charge is -2.08. The second-order valence-electron chi connectivity index (χ2n) is 3.33. The summed E-state index contributed by atoms with van der Waals surface area (Å²) in [7, 11) is 0. The minimum absolute atomic E-state index is 0.551. The van der Waals surface area contributed by atoms with Crippen molar-refractivity contribution in [1.82, 2.24) is 0 Å². The summed E-state index contributed by atoms with van der Waals surface area (Å²) < 4.78 is 6.15. The van der Waals surface area contributed by atoms with E-state index in [4.69, 9.17) is 4.42 Å². The van der Waals surface area contributed by atoms with E-state index < -0.39 is 6.10 Å². The third-order valence-corrected chi connectivity index (χ3v) is 3.02. The van der Waals surface area contributed by atoms with Gasteiger partial charge in [0.2, 0.25) is 0 Å². The quantitative estimate of drug-likeness (QED) is 0.925. The maximum atomic E-state index is 9.87. The Bertz CT molecular complexity index is 423. The number of hydrogen-bond acceptors (Lipinski definition) is 2. The molecule has 3 heteroatoms. The van der Waals surface area contributed by atoms with Gasteiger partial charge in [-0.15, -0.1) is 0 Å². The fraction of sp³-hybridized carbons (Fsp3) is 0.167. The monoisotopic (exact) mass is 266 g/mol. The van der Waals surface area contributed by atoms with E-state index in [1.807, 2.05) is 24.3 Å². The SMILES string of the molecule is OC(Cc1ccccc1Br)c1ccco1. The van der Waals surface area contributed by atoms with Gasteiger partial charge in [-0.1, -0.05) is 34.1 Å². The van der Waals surface area contributed by atoms with E-state index in [1.165, 1.54) is 0 Å². The van der Waals surface area contributed by atoms with Crippen LogP contribution in [0.4, 0.5) is 0 Å². The summed E-state index contributed by atoms with van der Waals surface area (Å²) >= 11 is 3.45. The highest BCUT2D eigenvalue weighted by molar-refractivity contribution is 9.10. The average molecular weight is 267 g/mol. The number of furan rings is 1. The Kier molecular flexibility index (Phi) is 3.23. The third kappa shape index (κ3) is 2.49. The first-order chi connectivity index (χ1) is 7.27. The zero-order valence-corrected chi connectivity index (χ0v) is 9.65. The second-order valence-corrected chi connectivity index (χ2v) is 4.18. The molecule has 1 heterocycles. The second kappa shape index (κ2) is 4.64. The molecule has 0 fully saturated rings. The first-order valence-electron chi connectivity index (χ1n) is 4.72. The highest BCUT2D eigenvalue weighted by Crippen LogP contribution is 2.23. The van der Waals surface area contributed by atoms with Gasteiger partial charge in [0.15, 0.2) is 0 Å². The van der Waals surface area contributed by atoms with Gasteiger partial charge in [-0.05, 0) is 23.8 Å². The molecule has 0 saturated heterocycles. The van der Waals surface area contributed by atoms with E-state index in [2.05, 4.69) is 15.9 Å². The normalized spacial score (nSPS) is 12.7. The van der Waals surface area contributed by atoms with Crippen molar-refractivity contribution in [2.45, 2.75) is 12.5 Å². The van der Waals surface area contributed by atoms with E-state index >= 15 is 0 Å². The van der Waals surface area contributed by atoms with Crippen LogP contribution in [-0.4, -0.2) is 5.11 Å². The Labute approximate surface area is 96.7 Å². The van der Waals surface area contributed by atoms with E-state index in [1.54, 1.807) is 18.4 Å². The van der Waals surface area contributed by atoms with Crippen LogP contribution in [0.1, 0.15) is 17.4 Å². The smallest absolute Gasteiger partial charge is 0.132 e. The lowest BCUT2D eigenvalue weighted by atomic mass is 10.1. The van der Waals surface area contributed by atoms with Crippen LogP contribution in [0.5, 0.6) is 0 Å². The largest absolute Gasteiger partial charge is 0.467 e. The maximum absolute atomic E-state index is 9.87. The van der Waals surface area contributed by atoms with E-state index in [-0.39, 0.29) is 0 Å². The highest BCUT2D eigenvalue weighted by atomic mass is 79.9. The molecule has 0 bridgehead atoms. The molecule has 1 unspecified atom stereocenters. The predicted molar refractivity (Wildman–Crippen MR) is 61.5 cm³/mol. The molecule has 0 aliphatic heterocycles. The molecule has 1 atom stereocenters. The summed E-state index contributed by atoms with van der Waals surface area (Å²) in [6.45, 7) is 0. The number of aliphatic hydroxyl groups excluding tert-OH is 1. The molecular weight excluding hydrogens is 256 g/mol. The summed E-state index contributed by atoms with van der Waals surface area (Å²) in [6.07, 6.45) is 1.53. The van der Waals surface area contributed by atoms with Gasteiger partial charge in [0.05, 0.1) is 6.26 Å². The van der Waals surface area contributed by atoms with E-state index in [0.717, 1.165) is 10.0 Å². The standard InChI is InChI=1S/C12H11BrO2/c13-10-5-2-1-4-9(10)8-11(14)12-6-3-7-15-12/h1-7,11,14H,8H2. The minimum atomic E-state index is -0.585. The molecule has 2 rings (SSSR count). The Morgan fingerprint density at radius 2 is 2.00 bits per heavy atom. The molecule has 1 aromatic carbocycles. The van der Waals surface area contributed by atoms with Gasteiger partial charge in [0, 0.05) is 10.9 Å². The number of halogens is 1. The molecule has 0 amide bonds. The molecule has 78 valence electrons. The van der Waals surface area contributed by atoms with Crippen LogP contribution < -0.4 is 0 Å². The molecule has 15 heavy (non-hydrogen) atoms. The van der Waals surface area contributed by atoms with Crippen molar-refractivity contribution >= 4 is 15.9 Å². The maximum Gasteiger partial charge on any atom is 0.132 e. The van der Waals surface area contributed by atoms with Crippen LogP contribution in [-0.2, 0) is 6.42 Å². The summed E-state index contributed by atoms with van der Waals surface area (Å²) in [6, 6.07) is 11.4. The predicted octanol–water partition coefficient (Wildman–Crippen LogP) is 3.32. The molecule has 2 nitrogen and oxygen atoms in total. The molecule has 0 saturated carbocycles. The van der Waals surface area contributed by atoms with Crippen molar-refractivity contribution in [3.8, 4) is 0 Å². The van der Waals surface area contributed by atoms with Gasteiger partial charge in [-0.2, -0.15) is 0 Å². The Hall–Kier alpha value is -1.06. The number of rotatable bonds is 3. The fourth-order valence-electron chi connectivity index (χ4n) is 1.45. The van der Waals surface area contributed by atoms with Crippen molar-refractivity contribution in [3.63, 3.8) is 0 Å². The number of benzene rings is 1. The van der Waals surface area contributed by atoms with Crippen LogP contribution >= 0.6 is 15.9 Å². The van der Waals surface area contributed by atoms with Crippen molar-refractivity contribution in [1.29, 1.82) is 0 Å². The van der Waals surface area contributed by atoms with Gasteiger partial charge < -0.3 is 9.52 Å². The van der Waals surface area contributed by atoms with E-state index in [9.17, 15) is 5.11 Å². The van der Waals surface area contributed by atoms with Crippen LogP contribution in [0.3, 0.4) is 0 Å². The topological polar surface area (TPSA) is 33.4 Å². The number of aliphatic hydroxyl groups is 1. The van der Waals surface area contributed by atoms with Gasteiger partial charge in [0.25, 0.3) is 0 Å². The van der Waals surface area contributed by atoms with Crippen molar-refractivity contribution in [3.05, 3.63) is 58.5 Å². The summed E-state index contributed by atoms with van der Waals surface area (Å²) in [5.74, 6) is 0.603. The lowest BCUT2D eigenvalue weighted by Crippen LogP contribution is -2.00. The first kappa shape index (κ1) is 10.5. The van der Waals surface area contributed by atoms with Gasteiger partial charge in [-0.3, -0.25) is 0 Å². The van der Waals surface area contributed by atoms with Crippen molar-refractivity contribution in [2.75, 3.05) is 0 Å². The Balaban J connectivity index is 2.13. The molecule has 0 aliphatic rings. The van der Waals surface area contributed by atoms with Crippen LogP contribution in [0.2, 0.25) is 0 Å². The van der Waals surface area contributed by atoms with Crippen LogP contribution in [0.15, 0.2) is 51.6 Å². The third-order valence-electron chi connectivity index (χ3n) is 2.24.